The van der Waals surface area contributed by atoms with E-state index in [1.165, 1.54) is 0 Å². The van der Waals surface area contributed by atoms with Crippen molar-refractivity contribution in [3.8, 4) is 0 Å². The molecule has 20 heavy (non-hydrogen) atoms. The van der Waals surface area contributed by atoms with E-state index in [-0.39, 0.29) is 11.3 Å². The van der Waals surface area contributed by atoms with Gasteiger partial charge in [-0.1, -0.05) is 27.7 Å². The molecule has 0 aromatic carbocycles. The second-order valence-corrected chi connectivity index (χ2v) is 6.90. The fourth-order valence-corrected chi connectivity index (χ4v) is 2.21. The topological polar surface area (TPSA) is 60.9 Å². The molecule has 5 heteroatoms. The van der Waals surface area contributed by atoms with Gasteiger partial charge in [0, 0.05) is 32.6 Å². The maximum Gasteiger partial charge on any atom is 0.320 e. The molecule has 2 unspecified atom stereocenters. The number of hydrogen-bond acceptors (Lipinski definition) is 3. The van der Waals surface area contributed by atoms with E-state index >= 15 is 0 Å². The standard InChI is InChI=1S/C15H28N2O3/c1-11(15(3,4)5)10-13(18)17-8-6-16(7-9-17)12(2)14(19)20/h11-12H,6-10H2,1-5H3,(H,19,20). The van der Waals surface area contributed by atoms with Crippen LogP contribution < -0.4 is 0 Å². The number of hydrogen-bond donors (Lipinski definition) is 1. The van der Waals surface area contributed by atoms with Crippen LogP contribution in [0.4, 0.5) is 0 Å². The first-order valence-electron chi connectivity index (χ1n) is 7.37. The van der Waals surface area contributed by atoms with Crippen LogP contribution in [-0.4, -0.2) is 59.0 Å². The molecule has 1 N–H and O–H groups in total. The molecule has 1 heterocycles. The first-order chi connectivity index (χ1) is 9.12. The van der Waals surface area contributed by atoms with Crippen molar-refractivity contribution in [2.75, 3.05) is 26.2 Å². The molecule has 1 saturated heterocycles. The van der Waals surface area contributed by atoms with E-state index in [1.807, 2.05) is 9.80 Å². The SMILES string of the molecule is CC(C(=O)O)N1CCN(C(=O)CC(C)C(C)(C)C)CC1. The van der Waals surface area contributed by atoms with Gasteiger partial charge in [-0.05, 0) is 18.3 Å². The Balaban J connectivity index is 2.45. The quantitative estimate of drug-likeness (QED) is 0.853. The maximum atomic E-state index is 12.3. The Kier molecular flexibility index (Phi) is 5.57. The Hall–Kier alpha value is -1.10. The Morgan fingerprint density at radius 1 is 1.10 bits per heavy atom. The van der Waals surface area contributed by atoms with Crippen molar-refractivity contribution >= 4 is 11.9 Å². The monoisotopic (exact) mass is 284 g/mol. The predicted molar refractivity (Wildman–Crippen MR) is 78.5 cm³/mol. The van der Waals surface area contributed by atoms with Gasteiger partial charge in [0.2, 0.25) is 5.91 Å². The molecule has 116 valence electrons. The third-order valence-corrected chi connectivity index (χ3v) is 4.53. The lowest BCUT2D eigenvalue weighted by molar-refractivity contribution is -0.144. The van der Waals surface area contributed by atoms with Crippen molar-refractivity contribution in [3.05, 3.63) is 0 Å². The minimum atomic E-state index is -0.800. The van der Waals surface area contributed by atoms with Crippen LogP contribution in [0, 0.1) is 11.3 Å². The van der Waals surface area contributed by atoms with Crippen molar-refractivity contribution in [2.24, 2.45) is 11.3 Å². The summed E-state index contributed by atoms with van der Waals surface area (Å²) >= 11 is 0. The average Bonchev–Trinajstić information content (AvgIpc) is 2.36. The van der Waals surface area contributed by atoms with Crippen LogP contribution in [0.1, 0.15) is 41.0 Å². The maximum absolute atomic E-state index is 12.3. The van der Waals surface area contributed by atoms with Crippen LogP contribution in [0.15, 0.2) is 0 Å². The minimum Gasteiger partial charge on any atom is -0.480 e. The third kappa shape index (κ3) is 4.47. The van der Waals surface area contributed by atoms with Gasteiger partial charge in [0.15, 0.2) is 0 Å². The molecule has 0 bridgehead atoms. The number of carboxylic acids is 1. The van der Waals surface area contributed by atoms with Gasteiger partial charge < -0.3 is 10.0 Å². The van der Waals surface area contributed by atoms with Crippen LogP contribution >= 0.6 is 0 Å². The summed E-state index contributed by atoms with van der Waals surface area (Å²) in [5.41, 5.74) is 0.134. The van der Waals surface area contributed by atoms with E-state index in [0.717, 1.165) is 0 Å². The normalized spacial score (nSPS) is 20.6. The highest BCUT2D eigenvalue weighted by molar-refractivity contribution is 5.77. The van der Waals surface area contributed by atoms with Gasteiger partial charge in [0.05, 0.1) is 0 Å². The van der Waals surface area contributed by atoms with Gasteiger partial charge in [-0.25, -0.2) is 0 Å². The second kappa shape index (κ2) is 6.57. The summed E-state index contributed by atoms with van der Waals surface area (Å²) < 4.78 is 0. The molecule has 5 nitrogen and oxygen atoms in total. The summed E-state index contributed by atoms with van der Waals surface area (Å²) in [7, 11) is 0. The van der Waals surface area contributed by atoms with Crippen LogP contribution in [0.3, 0.4) is 0 Å². The van der Waals surface area contributed by atoms with E-state index < -0.39 is 12.0 Å². The molecule has 1 aliphatic rings. The molecule has 0 radical (unpaired) electrons. The number of carbonyl (C=O) groups excluding carboxylic acids is 1. The van der Waals surface area contributed by atoms with Gasteiger partial charge in [0.25, 0.3) is 0 Å². The van der Waals surface area contributed by atoms with Crippen LogP contribution in [0.5, 0.6) is 0 Å². The summed E-state index contributed by atoms with van der Waals surface area (Å²) in [6, 6.07) is -0.472. The molecule has 0 spiro atoms. The molecule has 0 aliphatic carbocycles. The molecule has 0 aromatic heterocycles. The average molecular weight is 284 g/mol. The first kappa shape index (κ1) is 17.0. The molecular weight excluding hydrogens is 256 g/mol. The van der Waals surface area contributed by atoms with Gasteiger partial charge in [-0.3, -0.25) is 14.5 Å². The first-order valence-corrected chi connectivity index (χ1v) is 7.37. The van der Waals surface area contributed by atoms with E-state index in [4.69, 9.17) is 5.11 Å². The molecule has 1 rings (SSSR count). The van der Waals surface area contributed by atoms with Crippen molar-refractivity contribution < 1.29 is 14.7 Å². The summed E-state index contributed by atoms with van der Waals surface area (Å²) in [6.07, 6.45) is 0.567. The third-order valence-electron chi connectivity index (χ3n) is 4.53. The molecule has 1 aliphatic heterocycles. The Bertz CT molecular complexity index is 355. The van der Waals surface area contributed by atoms with Gasteiger partial charge in [0.1, 0.15) is 6.04 Å². The lowest BCUT2D eigenvalue weighted by Gasteiger charge is -2.37. The van der Waals surface area contributed by atoms with Crippen molar-refractivity contribution in [3.63, 3.8) is 0 Å². The zero-order chi connectivity index (χ0) is 15.5. The van der Waals surface area contributed by atoms with E-state index in [9.17, 15) is 9.59 Å². The van der Waals surface area contributed by atoms with Crippen LogP contribution in [0.25, 0.3) is 0 Å². The van der Waals surface area contributed by atoms with Crippen molar-refractivity contribution in [1.82, 2.24) is 9.80 Å². The largest absolute Gasteiger partial charge is 0.480 e. The number of aliphatic carboxylic acids is 1. The molecule has 0 aromatic rings. The molecule has 2 atom stereocenters. The van der Waals surface area contributed by atoms with E-state index in [2.05, 4.69) is 27.7 Å². The molecular formula is C15H28N2O3. The Labute approximate surface area is 121 Å². The number of amides is 1. The van der Waals surface area contributed by atoms with Crippen molar-refractivity contribution in [1.29, 1.82) is 0 Å². The van der Waals surface area contributed by atoms with Gasteiger partial charge in [-0.2, -0.15) is 0 Å². The second-order valence-electron chi connectivity index (χ2n) is 6.90. The number of rotatable bonds is 4. The summed E-state index contributed by atoms with van der Waals surface area (Å²) in [5.74, 6) is -0.271. The van der Waals surface area contributed by atoms with Crippen LogP contribution in [0.2, 0.25) is 0 Å². The van der Waals surface area contributed by atoms with Crippen molar-refractivity contribution in [2.45, 2.75) is 47.1 Å². The minimum absolute atomic E-state index is 0.134. The highest BCUT2D eigenvalue weighted by Gasteiger charge is 2.29. The Morgan fingerprint density at radius 2 is 1.60 bits per heavy atom. The molecule has 1 fully saturated rings. The number of piperazine rings is 1. The molecule has 1 amide bonds. The Morgan fingerprint density at radius 3 is 2.00 bits per heavy atom. The zero-order valence-corrected chi connectivity index (χ0v) is 13.3. The lowest BCUT2D eigenvalue weighted by Crippen LogP contribution is -2.53. The van der Waals surface area contributed by atoms with Crippen LogP contribution in [-0.2, 0) is 9.59 Å². The summed E-state index contributed by atoms with van der Waals surface area (Å²) in [6.45, 7) is 12.8. The smallest absolute Gasteiger partial charge is 0.320 e. The predicted octanol–water partition coefficient (Wildman–Crippen LogP) is 1.68. The lowest BCUT2D eigenvalue weighted by atomic mass is 9.80. The zero-order valence-electron chi connectivity index (χ0n) is 13.3. The van der Waals surface area contributed by atoms with E-state index in [0.29, 0.717) is 38.5 Å². The highest BCUT2D eigenvalue weighted by Crippen LogP contribution is 2.28. The summed E-state index contributed by atoms with van der Waals surface area (Å²) in [4.78, 5) is 27.0. The number of carbonyl (C=O) groups is 2. The highest BCUT2D eigenvalue weighted by atomic mass is 16.4. The fraction of sp³-hybridized carbons (Fsp3) is 0.867. The van der Waals surface area contributed by atoms with E-state index in [1.54, 1.807) is 6.92 Å². The fourth-order valence-electron chi connectivity index (χ4n) is 2.21. The molecule has 0 saturated carbocycles. The number of nitrogens with zero attached hydrogens (tertiary/aromatic N) is 2. The number of carboxylic acid groups (broad SMARTS) is 1. The van der Waals surface area contributed by atoms with Gasteiger partial charge >= 0.3 is 5.97 Å². The summed E-state index contributed by atoms with van der Waals surface area (Å²) in [5, 5.41) is 9.00. The van der Waals surface area contributed by atoms with Gasteiger partial charge in [-0.15, -0.1) is 0 Å².